The molecule has 0 saturated heterocycles. The molecule has 0 saturated carbocycles. The summed E-state index contributed by atoms with van der Waals surface area (Å²) in [5.41, 5.74) is 8.00. The Morgan fingerprint density at radius 2 is 1.33 bits per heavy atom. The van der Waals surface area contributed by atoms with Gasteiger partial charge in [0.25, 0.3) is 0 Å². The molecular formula is C18H22N3. The second kappa shape index (κ2) is 8.10. The van der Waals surface area contributed by atoms with Crippen LogP contribution in [0.1, 0.15) is 17.5 Å². The van der Waals surface area contributed by atoms with Crippen LogP contribution < -0.4 is 11.1 Å². The van der Waals surface area contributed by atoms with E-state index in [2.05, 4.69) is 53.8 Å². The number of guanidine groups is 1. The molecule has 0 spiro atoms. The highest BCUT2D eigenvalue weighted by Crippen LogP contribution is 2.19. The van der Waals surface area contributed by atoms with Crippen molar-refractivity contribution in [2.45, 2.75) is 19.3 Å². The third-order valence-electron chi connectivity index (χ3n) is 3.39. The van der Waals surface area contributed by atoms with E-state index in [1.165, 1.54) is 17.0 Å². The van der Waals surface area contributed by atoms with E-state index in [-0.39, 0.29) is 5.96 Å². The highest BCUT2D eigenvalue weighted by atomic mass is 15.0. The summed E-state index contributed by atoms with van der Waals surface area (Å²) < 4.78 is 0. The summed E-state index contributed by atoms with van der Waals surface area (Å²) in [6, 6.07) is 21.0. The molecule has 0 atom stereocenters. The van der Waals surface area contributed by atoms with Gasteiger partial charge in [0.05, 0.1) is 0 Å². The molecule has 3 heteroatoms. The van der Waals surface area contributed by atoms with Gasteiger partial charge in [-0.15, -0.1) is 0 Å². The zero-order valence-electron chi connectivity index (χ0n) is 12.2. The largest absolute Gasteiger partial charge is 0.370 e. The maximum Gasteiger partial charge on any atom is 0.185 e. The molecule has 1 radical (unpaired) electrons. The molecule has 0 heterocycles. The van der Waals surface area contributed by atoms with E-state index in [0.29, 0.717) is 6.54 Å². The predicted molar refractivity (Wildman–Crippen MR) is 88.1 cm³/mol. The maximum absolute atomic E-state index is 7.24. The van der Waals surface area contributed by atoms with Crippen molar-refractivity contribution in [3.8, 4) is 0 Å². The average molecular weight is 280 g/mol. The van der Waals surface area contributed by atoms with Crippen molar-refractivity contribution in [2.24, 2.45) is 5.73 Å². The minimum atomic E-state index is 0.0359. The fraction of sp³-hybridized carbons (Fsp3) is 0.222. The van der Waals surface area contributed by atoms with Gasteiger partial charge < -0.3 is 11.1 Å². The van der Waals surface area contributed by atoms with Crippen molar-refractivity contribution >= 4 is 5.96 Å². The summed E-state index contributed by atoms with van der Waals surface area (Å²) in [5.74, 6) is 1.48. The molecule has 2 rings (SSSR count). The van der Waals surface area contributed by atoms with Crippen LogP contribution in [0.3, 0.4) is 0 Å². The molecule has 0 aliphatic carbocycles. The Morgan fingerprint density at radius 3 is 1.76 bits per heavy atom. The monoisotopic (exact) mass is 280 g/mol. The van der Waals surface area contributed by atoms with E-state index in [0.717, 1.165) is 19.3 Å². The second-order valence-corrected chi connectivity index (χ2v) is 5.17. The SMILES string of the molecule is N=C(N)NCC[C](Cc1ccccc1)Cc1ccccc1. The lowest BCUT2D eigenvalue weighted by Gasteiger charge is -2.17. The van der Waals surface area contributed by atoms with Crippen molar-refractivity contribution in [3.05, 3.63) is 77.7 Å². The Morgan fingerprint density at radius 1 is 0.857 bits per heavy atom. The zero-order chi connectivity index (χ0) is 14.9. The topological polar surface area (TPSA) is 61.9 Å². The molecule has 3 nitrogen and oxygen atoms in total. The van der Waals surface area contributed by atoms with Crippen LogP contribution in [0.5, 0.6) is 0 Å². The van der Waals surface area contributed by atoms with Gasteiger partial charge in [-0.1, -0.05) is 60.7 Å². The highest BCUT2D eigenvalue weighted by Gasteiger charge is 2.11. The van der Waals surface area contributed by atoms with Crippen LogP contribution in [0.25, 0.3) is 0 Å². The highest BCUT2D eigenvalue weighted by molar-refractivity contribution is 5.74. The van der Waals surface area contributed by atoms with Gasteiger partial charge in [-0.2, -0.15) is 0 Å². The molecule has 2 aromatic rings. The van der Waals surface area contributed by atoms with Crippen LogP contribution in [0.2, 0.25) is 0 Å². The molecule has 0 aliphatic heterocycles. The van der Waals surface area contributed by atoms with Crippen molar-refractivity contribution < 1.29 is 0 Å². The number of benzene rings is 2. The number of hydrogen-bond donors (Lipinski definition) is 3. The molecule has 0 fully saturated rings. The van der Waals surface area contributed by atoms with Gasteiger partial charge in [-0.05, 0) is 36.3 Å². The number of nitrogens with one attached hydrogen (secondary N) is 2. The lowest BCUT2D eigenvalue weighted by atomic mass is 9.90. The minimum absolute atomic E-state index is 0.0359. The van der Waals surface area contributed by atoms with Crippen molar-refractivity contribution in [1.82, 2.24) is 5.32 Å². The molecule has 4 N–H and O–H groups in total. The third kappa shape index (κ3) is 5.69. The summed E-state index contributed by atoms with van der Waals surface area (Å²) >= 11 is 0. The lowest BCUT2D eigenvalue weighted by molar-refractivity contribution is 0.704. The van der Waals surface area contributed by atoms with Crippen LogP contribution in [0.15, 0.2) is 60.7 Å². The lowest BCUT2D eigenvalue weighted by Crippen LogP contribution is -2.32. The maximum atomic E-state index is 7.24. The molecule has 109 valence electrons. The predicted octanol–water partition coefficient (Wildman–Crippen LogP) is 2.92. The van der Waals surface area contributed by atoms with Crippen LogP contribution in [0, 0.1) is 11.3 Å². The average Bonchev–Trinajstić information content (AvgIpc) is 2.49. The van der Waals surface area contributed by atoms with E-state index < -0.39 is 0 Å². The Bertz CT molecular complexity index is 495. The standard InChI is InChI=1S/C18H22N3/c19-18(20)21-12-11-17(13-15-7-3-1-4-8-15)14-16-9-5-2-6-10-16/h1-10H,11-14H2,(H4,19,20,21). The summed E-state index contributed by atoms with van der Waals surface area (Å²) in [7, 11) is 0. The Hall–Kier alpha value is -2.29. The number of nitrogens with two attached hydrogens (primary N) is 1. The minimum Gasteiger partial charge on any atom is -0.370 e. The van der Waals surface area contributed by atoms with Crippen LogP contribution in [-0.2, 0) is 12.8 Å². The molecule has 21 heavy (non-hydrogen) atoms. The van der Waals surface area contributed by atoms with E-state index >= 15 is 0 Å². The van der Waals surface area contributed by atoms with Gasteiger partial charge in [-0.25, -0.2) is 0 Å². The van der Waals surface area contributed by atoms with Gasteiger partial charge in [0.15, 0.2) is 5.96 Å². The Labute approximate surface area is 126 Å². The Kier molecular flexibility index (Phi) is 5.83. The summed E-state index contributed by atoms with van der Waals surface area (Å²) in [4.78, 5) is 0. The van der Waals surface area contributed by atoms with Crippen molar-refractivity contribution in [2.75, 3.05) is 6.54 Å². The quantitative estimate of drug-likeness (QED) is 0.539. The first-order chi connectivity index (χ1) is 10.2. The second-order valence-electron chi connectivity index (χ2n) is 5.17. The third-order valence-corrected chi connectivity index (χ3v) is 3.39. The van der Waals surface area contributed by atoms with Crippen molar-refractivity contribution in [3.63, 3.8) is 0 Å². The van der Waals surface area contributed by atoms with Crippen molar-refractivity contribution in [1.29, 1.82) is 5.41 Å². The van der Waals surface area contributed by atoms with E-state index in [1.807, 2.05) is 12.1 Å². The first kappa shape index (κ1) is 15.1. The summed E-state index contributed by atoms with van der Waals surface area (Å²) in [5, 5.41) is 10.1. The molecule has 2 aromatic carbocycles. The molecule has 0 amide bonds. The van der Waals surface area contributed by atoms with Crippen LogP contribution >= 0.6 is 0 Å². The normalized spacial score (nSPS) is 10.5. The number of hydrogen-bond acceptors (Lipinski definition) is 1. The van der Waals surface area contributed by atoms with Crippen LogP contribution in [-0.4, -0.2) is 12.5 Å². The summed E-state index contributed by atoms with van der Waals surface area (Å²) in [6.45, 7) is 0.713. The van der Waals surface area contributed by atoms with Gasteiger partial charge in [-0.3, -0.25) is 5.41 Å². The first-order valence-electron chi connectivity index (χ1n) is 7.23. The molecule has 0 aliphatic rings. The van der Waals surface area contributed by atoms with Gasteiger partial charge in [0, 0.05) is 6.54 Å². The van der Waals surface area contributed by atoms with Gasteiger partial charge in [0.1, 0.15) is 0 Å². The van der Waals surface area contributed by atoms with Gasteiger partial charge >= 0.3 is 0 Å². The van der Waals surface area contributed by atoms with E-state index in [4.69, 9.17) is 11.1 Å². The molecule has 0 bridgehead atoms. The molecule has 0 unspecified atom stereocenters. The molecular weight excluding hydrogens is 258 g/mol. The van der Waals surface area contributed by atoms with E-state index in [9.17, 15) is 0 Å². The zero-order valence-corrected chi connectivity index (χ0v) is 12.2. The smallest absolute Gasteiger partial charge is 0.185 e. The Balaban J connectivity index is 1.97. The first-order valence-corrected chi connectivity index (χ1v) is 7.23. The fourth-order valence-corrected chi connectivity index (χ4v) is 2.38. The summed E-state index contributed by atoms with van der Waals surface area (Å²) in [6.07, 6.45) is 2.86. The number of rotatable bonds is 7. The van der Waals surface area contributed by atoms with Crippen LogP contribution in [0.4, 0.5) is 0 Å². The van der Waals surface area contributed by atoms with Gasteiger partial charge in [0.2, 0.25) is 0 Å². The molecule has 0 aromatic heterocycles. The van der Waals surface area contributed by atoms with E-state index in [1.54, 1.807) is 0 Å². The fourth-order valence-electron chi connectivity index (χ4n) is 2.38.